The first-order valence-corrected chi connectivity index (χ1v) is 24.4. The zero-order chi connectivity index (χ0) is 46.5. The Morgan fingerprint density at radius 2 is 1.58 bits per heavy atom. The summed E-state index contributed by atoms with van der Waals surface area (Å²) in [6.07, 6.45) is -0.839. The average Bonchev–Trinajstić information content (AvgIpc) is 4.00. The molecule has 0 bridgehead atoms. The van der Waals surface area contributed by atoms with Gasteiger partial charge < -0.3 is 42.8 Å². The van der Waals surface area contributed by atoms with E-state index in [1.54, 1.807) is 21.3 Å². The molecule has 12 nitrogen and oxygen atoms in total. The molecular weight excluding hydrogens is 866 g/mol. The molecule has 0 spiro atoms. The fraction of sp³-hybridized carbons (Fsp3) is 0.735. The highest BCUT2D eigenvalue weighted by atomic mass is 32.1. The Morgan fingerprint density at radius 1 is 0.862 bits per heavy atom. The van der Waals surface area contributed by atoms with E-state index < -0.39 is 54.5 Å². The topological polar surface area (TPSA) is 124 Å². The number of cyclic esters (lactones) is 1. The zero-order valence-corrected chi connectivity index (χ0v) is 39.9. The molecule has 360 valence electrons. The molecule has 0 N–H and O–H groups in total. The smallest absolute Gasteiger partial charge is 0.416 e. The molecule has 4 fully saturated rings. The molecule has 0 amide bonds. The Morgan fingerprint density at radius 3 is 2.23 bits per heavy atom. The summed E-state index contributed by atoms with van der Waals surface area (Å²) in [5.74, 6) is -2.06. The third-order valence-electron chi connectivity index (χ3n) is 15.4. The van der Waals surface area contributed by atoms with Crippen LogP contribution in [0.2, 0.25) is 0 Å². The minimum absolute atomic E-state index is 0.00243. The van der Waals surface area contributed by atoms with E-state index in [-0.39, 0.29) is 78.4 Å². The summed E-state index contributed by atoms with van der Waals surface area (Å²) in [7, 11) is 8.94. The predicted molar refractivity (Wildman–Crippen MR) is 236 cm³/mol. The average molecular weight is 933 g/mol. The summed E-state index contributed by atoms with van der Waals surface area (Å²) in [5, 5.41) is 0.589. The van der Waals surface area contributed by atoms with Crippen molar-refractivity contribution in [1.82, 2.24) is 9.88 Å². The van der Waals surface area contributed by atoms with Crippen LogP contribution in [0.4, 0.5) is 13.2 Å². The molecule has 0 unspecified atom stereocenters. The van der Waals surface area contributed by atoms with Crippen molar-refractivity contribution in [3.63, 3.8) is 0 Å². The van der Waals surface area contributed by atoms with E-state index in [0.717, 1.165) is 35.5 Å². The van der Waals surface area contributed by atoms with Gasteiger partial charge in [-0.3, -0.25) is 9.59 Å². The number of halogens is 3. The van der Waals surface area contributed by atoms with E-state index in [4.69, 9.17) is 42.9 Å². The van der Waals surface area contributed by atoms with Crippen LogP contribution < -0.4 is 0 Å². The summed E-state index contributed by atoms with van der Waals surface area (Å²) >= 11 is 1.48. The number of ketones is 1. The third-order valence-corrected chi connectivity index (χ3v) is 16.6. The number of likely N-dealkylation sites (N-methyl/N-ethyl adjacent to an activating group) is 1. The van der Waals surface area contributed by atoms with E-state index in [9.17, 15) is 18.0 Å². The molecule has 8 rings (SSSR count). The molecule has 1 saturated carbocycles. The number of carbonyl (C=O) groups is 2. The number of hydrogen-bond acceptors (Lipinski definition) is 13. The van der Waals surface area contributed by atoms with Gasteiger partial charge in [0.2, 0.25) is 0 Å². The number of carbonyl (C=O) groups excluding carboxylic acids is 2. The fourth-order valence-electron chi connectivity index (χ4n) is 12.0. The molecule has 1 aromatic carbocycles. The molecule has 2 aromatic rings. The second-order valence-corrected chi connectivity index (χ2v) is 20.4. The quantitative estimate of drug-likeness (QED) is 0.212. The number of esters is 1. The summed E-state index contributed by atoms with van der Waals surface area (Å²) in [5.41, 5.74) is 1.21. The first kappa shape index (κ1) is 48.6. The van der Waals surface area contributed by atoms with Crippen LogP contribution in [-0.4, -0.2) is 125 Å². The van der Waals surface area contributed by atoms with Gasteiger partial charge in [-0.2, -0.15) is 13.2 Å². The Bertz CT molecular complexity index is 2010. The number of alkyl halides is 3. The van der Waals surface area contributed by atoms with Gasteiger partial charge in [0.1, 0.15) is 29.4 Å². The van der Waals surface area contributed by atoms with Crippen molar-refractivity contribution in [3.8, 4) is 10.6 Å². The highest BCUT2D eigenvalue weighted by molar-refractivity contribution is 7.15. The number of rotatable bonds is 10. The van der Waals surface area contributed by atoms with Gasteiger partial charge in [0.05, 0.1) is 42.1 Å². The number of fused-ring (bicyclic) bond motifs is 8. The maximum Gasteiger partial charge on any atom is 0.416 e. The highest BCUT2D eigenvalue weighted by Gasteiger charge is 2.57. The molecule has 3 aliphatic carbocycles. The molecule has 4 heterocycles. The van der Waals surface area contributed by atoms with Crippen molar-refractivity contribution in [2.75, 3.05) is 35.4 Å². The van der Waals surface area contributed by atoms with E-state index in [2.05, 4.69) is 32.0 Å². The van der Waals surface area contributed by atoms with Crippen LogP contribution in [0.25, 0.3) is 10.6 Å². The maximum atomic E-state index is 15.2. The number of allylic oxidation sites excluding steroid dienone is 2. The lowest BCUT2D eigenvalue weighted by molar-refractivity contribution is -0.314. The lowest BCUT2D eigenvalue weighted by Gasteiger charge is -2.44. The van der Waals surface area contributed by atoms with Crippen molar-refractivity contribution < 1.29 is 60.7 Å². The van der Waals surface area contributed by atoms with Gasteiger partial charge in [-0.25, -0.2) is 4.98 Å². The zero-order valence-electron chi connectivity index (χ0n) is 39.1. The molecular formula is C49H67F3N2O10S. The summed E-state index contributed by atoms with van der Waals surface area (Å²) in [6, 6.07) is 5.37. The number of benzene rings is 1. The lowest BCUT2D eigenvalue weighted by Crippen LogP contribution is -2.59. The van der Waals surface area contributed by atoms with Gasteiger partial charge in [-0.15, -0.1) is 11.3 Å². The summed E-state index contributed by atoms with van der Waals surface area (Å²) < 4.78 is 91.2. The number of thiazole rings is 1. The molecule has 65 heavy (non-hydrogen) atoms. The Balaban J connectivity index is 1.15. The number of ether oxygens (including phenoxy) is 8. The fourth-order valence-corrected chi connectivity index (χ4v) is 13.3. The monoisotopic (exact) mass is 932 g/mol. The Hall–Kier alpha value is -2.80. The van der Waals surface area contributed by atoms with Gasteiger partial charge >= 0.3 is 12.1 Å². The SMILES string of the molecule is CC[C@H]1CCC[C@H](O[C@H]2CC[C@H](N(C)C)[C@@H](C)O2)[C@@H](C)C(=O)C2=C[C@H]3[C@@H]4C[C@H](O[C@@H]5O[C@@H](C)[C@H](OC)[C@@H](OC)[C@H]5OC)C[C@H]4c4sc(-c5ccc(C(F)(F)F)cc5)nc4[C@H]3[C@@H]2CC(=O)O1. The van der Waals surface area contributed by atoms with Crippen molar-refractivity contribution in [2.45, 2.75) is 171 Å². The third kappa shape index (κ3) is 9.77. The van der Waals surface area contributed by atoms with E-state index in [0.29, 0.717) is 54.7 Å². The van der Waals surface area contributed by atoms with Crippen molar-refractivity contribution in [2.24, 2.45) is 23.7 Å². The van der Waals surface area contributed by atoms with E-state index >= 15 is 4.79 Å². The molecule has 3 saturated heterocycles. The van der Waals surface area contributed by atoms with Crippen LogP contribution in [0.15, 0.2) is 35.9 Å². The van der Waals surface area contributed by atoms with Gasteiger partial charge in [-0.05, 0) is 109 Å². The van der Waals surface area contributed by atoms with Crippen LogP contribution in [-0.2, 0) is 53.7 Å². The Labute approximate surface area is 385 Å². The van der Waals surface area contributed by atoms with Gasteiger partial charge in [0.15, 0.2) is 18.4 Å². The van der Waals surface area contributed by atoms with Crippen LogP contribution in [0, 0.1) is 23.7 Å². The molecule has 1 aromatic heterocycles. The summed E-state index contributed by atoms with van der Waals surface area (Å²) in [4.78, 5) is 37.7. The van der Waals surface area contributed by atoms with Crippen molar-refractivity contribution in [1.29, 1.82) is 0 Å². The molecule has 16 heteroatoms. The first-order valence-electron chi connectivity index (χ1n) is 23.5. The van der Waals surface area contributed by atoms with Crippen LogP contribution in [0.3, 0.4) is 0 Å². The van der Waals surface area contributed by atoms with Crippen LogP contribution in [0.1, 0.15) is 113 Å². The number of nitrogens with zero attached hydrogens (tertiary/aromatic N) is 2. The minimum atomic E-state index is -4.48. The number of aromatic nitrogens is 1. The number of Topliss-reactive ketones (excluding diaryl/α,β-unsaturated/α-hetero) is 1. The summed E-state index contributed by atoms with van der Waals surface area (Å²) in [6.45, 7) is 7.95. The molecule has 3 aliphatic heterocycles. The van der Waals surface area contributed by atoms with Gasteiger partial charge in [0.25, 0.3) is 0 Å². The molecule has 0 radical (unpaired) electrons. The second-order valence-electron chi connectivity index (χ2n) is 19.3. The normalized spacial score (nSPS) is 39.1. The lowest BCUT2D eigenvalue weighted by atomic mass is 9.67. The standard InChI is InChI=1S/C49H67F3N2O10S/c1-10-29-12-11-13-37(64-39-19-18-36(54(5)6)25(3)60-39)24(2)42(56)34-22-32-31-20-30(63-48-45(59-9)44(58-8)43(57-7)26(4)61-48)21-35(31)46-41(40(32)33(34)23-38(55)62-29)53-47(65-46)27-14-16-28(17-15-27)49(50,51)52/h14-17,22,24-26,29-33,35-37,39-40,43-45,48H,10-13,18-21,23H2,1-9H3/t24-,25-,26+,29+,30+,31+,32+,33-,35-,36+,37+,39+,40-,43+,44-,45-,48+/m1/s1. The van der Waals surface area contributed by atoms with Crippen molar-refractivity contribution >= 4 is 23.1 Å². The van der Waals surface area contributed by atoms with E-state index in [1.807, 2.05) is 20.8 Å². The largest absolute Gasteiger partial charge is 0.462 e. The first-order chi connectivity index (χ1) is 31.0. The van der Waals surface area contributed by atoms with Gasteiger partial charge in [0, 0.05) is 61.5 Å². The van der Waals surface area contributed by atoms with Gasteiger partial charge in [-0.1, -0.05) is 32.1 Å². The van der Waals surface area contributed by atoms with Crippen LogP contribution in [0.5, 0.6) is 0 Å². The molecule has 6 aliphatic rings. The minimum Gasteiger partial charge on any atom is -0.462 e. The van der Waals surface area contributed by atoms with E-state index in [1.165, 1.54) is 23.5 Å². The van der Waals surface area contributed by atoms with Crippen molar-refractivity contribution in [3.05, 3.63) is 52.0 Å². The molecule has 17 atom stereocenters. The second kappa shape index (κ2) is 20.0. The van der Waals surface area contributed by atoms with Crippen LogP contribution >= 0.6 is 11.3 Å². The Kier molecular flexibility index (Phi) is 15.0. The predicted octanol–water partition coefficient (Wildman–Crippen LogP) is 8.71. The number of hydrogen-bond donors (Lipinski definition) is 0. The highest BCUT2D eigenvalue weighted by Crippen LogP contribution is 2.63. The maximum absolute atomic E-state index is 15.2. The number of methoxy groups -OCH3 is 3.